The number of hydrogen-bond donors (Lipinski definition) is 1. The molecule has 3 nitrogen and oxygen atoms in total. The van der Waals surface area contributed by atoms with E-state index in [0.29, 0.717) is 18.1 Å². The van der Waals surface area contributed by atoms with Gasteiger partial charge in [0.2, 0.25) is 0 Å². The van der Waals surface area contributed by atoms with Crippen LogP contribution in [0.15, 0.2) is 6.07 Å². The van der Waals surface area contributed by atoms with Crippen molar-refractivity contribution in [3.05, 3.63) is 28.6 Å². The van der Waals surface area contributed by atoms with Crippen molar-refractivity contribution in [2.75, 3.05) is 0 Å². The summed E-state index contributed by atoms with van der Waals surface area (Å²) in [7, 11) is 0. The Bertz CT molecular complexity index is 436. The van der Waals surface area contributed by atoms with Crippen LogP contribution < -0.4 is 5.43 Å². The van der Waals surface area contributed by atoms with Gasteiger partial charge in [0.05, 0.1) is 0 Å². The number of aryl methyl sites for hydroxylation is 3. The summed E-state index contributed by atoms with van der Waals surface area (Å²) < 4.78 is 0. The molecule has 1 aromatic rings. The number of nitrogens with one attached hydrogen (secondary N) is 1. The molecule has 112 valence electrons. The largest absolute Gasteiger partial charge is 0.258 e. The minimum atomic E-state index is 0.311. The van der Waals surface area contributed by atoms with E-state index in [1.54, 1.807) is 0 Å². The second-order valence-corrected chi connectivity index (χ2v) is 6.47. The third-order valence-corrected chi connectivity index (χ3v) is 4.55. The van der Waals surface area contributed by atoms with E-state index >= 15 is 0 Å². The molecule has 1 saturated heterocycles. The Morgan fingerprint density at radius 3 is 2.35 bits per heavy atom. The number of hydrazine groups is 1. The van der Waals surface area contributed by atoms with Crippen LogP contribution in [-0.2, 0) is 0 Å². The molecule has 3 unspecified atom stereocenters. The fraction of sp³-hybridized carbons (Fsp3) is 0.706. The van der Waals surface area contributed by atoms with E-state index in [-0.39, 0.29) is 0 Å². The highest BCUT2D eigenvalue weighted by Gasteiger charge is 2.26. The van der Waals surface area contributed by atoms with Crippen LogP contribution in [0.4, 0.5) is 0 Å². The van der Waals surface area contributed by atoms with Gasteiger partial charge in [-0.1, -0.05) is 6.42 Å². The van der Waals surface area contributed by atoms with Gasteiger partial charge >= 0.3 is 0 Å². The highest BCUT2D eigenvalue weighted by Crippen LogP contribution is 2.26. The Balaban J connectivity index is 2.17. The smallest absolute Gasteiger partial charge is 0.0457 e. The van der Waals surface area contributed by atoms with Gasteiger partial charge in [0.1, 0.15) is 0 Å². The molecular formula is C17H29N3. The maximum atomic E-state index is 4.63. The first-order valence-electron chi connectivity index (χ1n) is 7.89. The van der Waals surface area contributed by atoms with Gasteiger partial charge < -0.3 is 0 Å². The zero-order chi connectivity index (χ0) is 14.9. The zero-order valence-corrected chi connectivity index (χ0v) is 13.8. The molecular weight excluding hydrogens is 246 g/mol. The van der Waals surface area contributed by atoms with E-state index in [1.165, 1.54) is 30.4 Å². The maximum absolute atomic E-state index is 4.63. The lowest BCUT2D eigenvalue weighted by atomic mass is 9.98. The molecule has 20 heavy (non-hydrogen) atoms. The van der Waals surface area contributed by atoms with E-state index in [1.807, 2.05) is 0 Å². The van der Waals surface area contributed by atoms with Crippen LogP contribution in [0.2, 0.25) is 0 Å². The fourth-order valence-corrected chi connectivity index (χ4v) is 3.65. The minimum absolute atomic E-state index is 0.311. The predicted octanol–water partition coefficient (Wildman–Crippen LogP) is 3.84. The van der Waals surface area contributed by atoms with Gasteiger partial charge in [-0.05, 0) is 71.6 Å². The Morgan fingerprint density at radius 1 is 1.20 bits per heavy atom. The van der Waals surface area contributed by atoms with Gasteiger partial charge in [0, 0.05) is 29.5 Å². The Hall–Kier alpha value is -0.930. The first-order chi connectivity index (χ1) is 9.40. The van der Waals surface area contributed by atoms with Gasteiger partial charge in [-0.25, -0.2) is 10.4 Å². The molecule has 0 spiro atoms. The van der Waals surface area contributed by atoms with Crippen molar-refractivity contribution in [2.45, 2.75) is 78.9 Å². The Kier molecular flexibility index (Phi) is 4.82. The summed E-state index contributed by atoms with van der Waals surface area (Å²) in [5.74, 6) is 0. The normalized spacial score (nSPS) is 25.7. The fourth-order valence-electron chi connectivity index (χ4n) is 3.65. The summed E-state index contributed by atoms with van der Waals surface area (Å²) in [5.41, 5.74) is 8.68. The van der Waals surface area contributed by atoms with Gasteiger partial charge in [-0.15, -0.1) is 0 Å². The average molecular weight is 275 g/mol. The monoisotopic (exact) mass is 275 g/mol. The third-order valence-electron chi connectivity index (χ3n) is 4.55. The molecule has 0 amide bonds. The second-order valence-electron chi connectivity index (χ2n) is 6.47. The van der Waals surface area contributed by atoms with Gasteiger partial charge in [0.25, 0.3) is 0 Å². The molecule has 0 aliphatic carbocycles. The van der Waals surface area contributed by atoms with Crippen molar-refractivity contribution < 1.29 is 0 Å². The van der Waals surface area contributed by atoms with E-state index in [2.05, 4.69) is 63.0 Å². The summed E-state index contributed by atoms with van der Waals surface area (Å²) in [4.78, 5) is 4.63. The van der Waals surface area contributed by atoms with Crippen LogP contribution in [0.3, 0.4) is 0 Å². The summed E-state index contributed by atoms with van der Waals surface area (Å²) in [6.45, 7) is 13.3. The lowest BCUT2D eigenvalue weighted by Gasteiger charge is -2.41. The number of piperidine rings is 1. The summed E-state index contributed by atoms with van der Waals surface area (Å²) in [6.07, 6.45) is 3.92. The molecule has 1 N–H and O–H groups in total. The Morgan fingerprint density at radius 2 is 1.80 bits per heavy atom. The van der Waals surface area contributed by atoms with Crippen molar-refractivity contribution in [3.63, 3.8) is 0 Å². The van der Waals surface area contributed by atoms with Crippen molar-refractivity contribution in [1.29, 1.82) is 0 Å². The average Bonchev–Trinajstić information content (AvgIpc) is 2.32. The van der Waals surface area contributed by atoms with Crippen LogP contribution >= 0.6 is 0 Å². The summed E-state index contributed by atoms with van der Waals surface area (Å²) in [5, 5.41) is 2.45. The lowest BCUT2D eigenvalue weighted by Crippen LogP contribution is -2.52. The first-order valence-corrected chi connectivity index (χ1v) is 7.89. The number of hydrogen-bond acceptors (Lipinski definition) is 3. The summed E-state index contributed by atoms with van der Waals surface area (Å²) >= 11 is 0. The molecule has 0 saturated carbocycles. The molecule has 0 radical (unpaired) electrons. The highest BCUT2D eigenvalue weighted by atomic mass is 15.5. The molecule has 0 bridgehead atoms. The van der Waals surface area contributed by atoms with Gasteiger partial charge in [-0.3, -0.25) is 4.98 Å². The molecule has 1 aromatic heterocycles. The SMILES string of the molecule is Cc1cc(C)c(C(C)NN2C(C)CCCC2C)c(C)n1. The van der Waals surface area contributed by atoms with Crippen LogP contribution in [-0.4, -0.2) is 22.1 Å². The van der Waals surface area contributed by atoms with Crippen LogP contribution in [0.25, 0.3) is 0 Å². The predicted molar refractivity (Wildman–Crippen MR) is 84.6 cm³/mol. The standard InChI is InChI=1S/C17H29N3/c1-11-10-12(2)18-15(5)17(11)16(6)19-20-13(3)8-7-9-14(20)4/h10,13-14,16,19H,7-9H2,1-6H3. The molecule has 1 fully saturated rings. The number of pyridine rings is 1. The van der Waals surface area contributed by atoms with Gasteiger partial charge in [-0.2, -0.15) is 0 Å². The summed E-state index contributed by atoms with van der Waals surface area (Å²) in [6, 6.07) is 3.72. The molecule has 1 aliphatic rings. The number of nitrogens with zero attached hydrogens (tertiary/aromatic N) is 2. The zero-order valence-electron chi connectivity index (χ0n) is 13.8. The minimum Gasteiger partial charge on any atom is -0.258 e. The molecule has 3 atom stereocenters. The molecule has 3 heteroatoms. The number of aromatic nitrogens is 1. The molecule has 2 rings (SSSR count). The van der Waals surface area contributed by atoms with Crippen molar-refractivity contribution in [3.8, 4) is 0 Å². The van der Waals surface area contributed by atoms with Crippen molar-refractivity contribution in [1.82, 2.24) is 15.4 Å². The first kappa shape index (κ1) is 15.5. The van der Waals surface area contributed by atoms with E-state index in [9.17, 15) is 0 Å². The highest BCUT2D eigenvalue weighted by molar-refractivity contribution is 5.33. The molecule has 2 heterocycles. The third kappa shape index (κ3) is 3.21. The second kappa shape index (κ2) is 6.23. The van der Waals surface area contributed by atoms with Crippen molar-refractivity contribution in [2.24, 2.45) is 0 Å². The van der Waals surface area contributed by atoms with Crippen LogP contribution in [0, 0.1) is 20.8 Å². The van der Waals surface area contributed by atoms with E-state index in [0.717, 1.165) is 11.4 Å². The lowest BCUT2D eigenvalue weighted by molar-refractivity contribution is 0.0318. The quantitative estimate of drug-likeness (QED) is 0.908. The maximum Gasteiger partial charge on any atom is 0.0457 e. The molecule has 1 aliphatic heterocycles. The van der Waals surface area contributed by atoms with Crippen molar-refractivity contribution >= 4 is 0 Å². The Labute approximate surface area is 123 Å². The van der Waals surface area contributed by atoms with E-state index in [4.69, 9.17) is 0 Å². The van der Waals surface area contributed by atoms with Gasteiger partial charge in [0.15, 0.2) is 0 Å². The number of rotatable bonds is 3. The molecule has 0 aromatic carbocycles. The van der Waals surface area contributed by atoms with E-state index < -0.39 is 0 Å². The topological polar surface area (TPSA) is 28.2 Å². The van der Waals surface area contributed by atoms with Crippen LogP contribution in [0.5, 0.6) is 0 Å². The van der Waals surface area contributed by atoms with Crippen LogP contribution in [0.1, 0.15) is 68.6 Å².